The molecule has 8 heteroatoms. The lowest BCUT2D eigenvalue weighted by molar-refractivity contribution is -0.140. The van der Waals surface area contributed by atoms with Crippen LogP contribution in [0.1, 0.15) is 43.2 Å². The van der Waals surface area contributed by atoms with Crippen molar-refractivity contribution in [3.8, 4) is 0 Å². The first-order valence-electron chi connectivity index (χ1n) is 15.4. The number of hydrogen-bond acceptors (Lipinski definition) is 5. The number of nitrogens with zero attached hydrogens (tertiary/aromatic N) is 3. The summed E-state index contributed by atoms with van der Waals surface area (Å²) in [5.41, 5.74) is 2.35. The van der Waals surface area contributed by atoms with Crippen LogP contribution in [0.3, 0.4) is 0 Å². The second-order valence-electron chi connectivity index (χ2n) is 11.9. The molecule has 3 saturated heterocycles. The van der Waals surface area contributed by atoms with Gasteiger partial charge in [-0.2, -0.15) is 0 Å². The second-order valence-corrected chi connectivity index (χ2v) is 11.9. The average Bonchev–Trinajstić information content (AvgIpc) is 3.64. The molecule has 43 heavy (non-hydrogen) atoms. The first-order chi connectivity index (χ1) is 20.8. The van der Waals surface area contributed by atoms with Gasteiger partial charge in [-0.05, 0) is 69.2 Å². The maximum absolute atomic E-state index is 14.8. The molecule has 8 nitrogen and oxygen atoms in total. The highest BCUT2D eigenvalue weighted by atomic mass is 16.5. The van der Waals surface area contributed by atoms with Gasteiger partial charge in [-0.1, -0.05) is 48.6 Å². The fraction of sp³-hybridized carbons (Fsp3) is 0.457. The number of benzene rings is 2. The zero-order chi connectivity index (χ0) is 30.7. The summed E-state index contributed by atoms with van der Waals surface area (Å²) < 4.78 is 6.72. The minimum Gasteiger partial charge on any atom is -0.396 e. The molecule has 3 heterocycles. The van der Waals surface area contributed by atoms with Crippen LogP contribution in [0.5, 0.6) is 0 Å². The van der Waals surface area contributed by atoms with Gasteiger partial charge in [0.1, 0.15) is 11.6 Å². The molecule has 0 radical (unpaired) electrons. The third-order valence-corrected chi connectivity index (χ3v) is 9.31. The molecule has 5 atom stereocenters. The van der Waals surface area contributed by atoms with Gasteiger partial charge in [0.2, 0.25) is 11.8 Å². The predicted octanol–water partition coefficient (Wildman–Crippen LogP) is 4.58. The molecule has 1 N–H and O–H groups in total. The van der Waals surface area contributed by atoms with Crippen molar-refractivity contribution < 1.29 is 24.2 Å². The summed E-state index contributed by atoms with van der Waals surface area (Å²) in [5.74, 6) is -2.05. The molecule has 3 aliphatic heterocycles. The van der Waals surface area contributed by atoms with Crippen molar-refractivity contribution in [2.24, 2.45) is 11.8 Å². The fourth-order valence-corrected chi connectivity index (χ4v) is 7.56. The van der Waals surface area contributed by atoms with E-state index in [2.05, 4.69) is 13.2 Å². The number of fused-ring (bicyclic) bond motifs is 1. The van der Waals surface area contributed by atoms with Crippen molar-refractivity contribution in [3.63, 3.8) is 0 Å². The molecule has 2 aromatic rings. The van der Waals surface area contributed by atoms with E-state index < -0.39 is 29.6 Å². The molecule has 1 spiro atoms. The summed E-state index contributed by atoms with van der Waals surface area (Å²) in [6.07, 6.45) is 6.05. The Morgan fingerprint density at radius 3 is 2.30 bits per heavy atom. The number of aryl methyl sites for hydroxylation is 2. The zero-order valence-corrected chi connectivity index (χ0v) is 25.3. The van der Waals surface area contributed by atoms with Crippen LogP contribution in [0.15, 0.2) is 73.8 Å². The number of aliphatic hydroxyl groups excluding tert-OH is 1. The highest BCUT2D eigenvalue weighted by molar-refractivity contribution is 6.07. The van der Waals surface area contributed by atoms with Crippen LogP contribution in [0.4, 0.5) is 11.4 Å². The van der Waals surface area contributed by atoms with Crippen LogP contribution in [0.25, 0.3) is 0 Å². The Morgan fingerprint density at radius 1 is 0.977 bits per heavy atom. The lowest BCUT2D eigenvalue weighted by atomic mass is 9.70. The molecule has 3 aliphatic rings. The van der Waals surface area contributed by atoms with Gasteiger partial charge in [0, 0.05) is 37.6 Å². The van der Waals surface area contributed by atoms with E-state index in [-0.39, 0.29) is 30.9 Å². The predicted molar refractivity (Wildman–Crippen MR) is 168 cm³/mol. The van der Waals surface area contributed by atoms with Gasteiger partial charge in [-0.25, -0.2) is 0 Å². The van der Waals surface area contributed by atoms with E-state index in [0.29, 0.717) is 38.8 Å². The lowest BCUT2D eigenvalue weighted by Crippen LogP contribution is -2.57. The van der Waals surface area contributed by atoms with Crippen LogP contribution in [-0.2, 0) is 19.1 Å². The summed E-state index contributed by atoms with van der Waals surface area (Å²) in [6.45, 7) is 12.7. The van der Waals surface area contributed by atoms with E-state index in [1.54, 1.807) is 26.9 Å². The van der Waals surface area contributed by atoms with E-state index in [1.807, 2.05) is 62.4 Å². The number of amides is 3. The smallest absolute Gasteiger partial charge is 0.253 e. The van der Waals surface area contributed by atoms with E-state index in [9.17, 15) is 19.5 Å². The van der Waals surface area contributed by atoms with Gasteiger partial charge in [0.15, 0.2) is 0 Å². The molecule has 3 fully saturated rings. The Hall–Kier alpha value is -3.75. The van der Waals surface area contributed by atoms with Gasteiger partial charge >= 0.3 is 0 Å². The SMILES string of the molecule is C=CCN(C(=O)[C@@H]1[C@H]2C(=O)N(CCCCCO)C(C(=O)N(CC=C)c3c(C)cccc3C)C23CC[C@H]1O3)c1ccccc1. The standard InChI is InChI=1S/C35H43N3O5/c1-5-20-36(26-16-9-7-10-17-26)32(40)28-27-18-19-35(43-27)29(28)33(41)38(22-11-8-12-23-39)31(35)34(42)37(21-6-2)30-24(3)14-13-15-25(30)4/h5-7,9-10,13-17,27-29,31,39H,1-2,8,11-12,18-23H2,3-4H3/t27-,28+,29+,31?,35?/m1/s1. The quantitative estimate of drug-likeness (QED) is 0.275. The van der Waals surface area contributed by atoms with E-state index in [0.717, 1.165) is 28.9 Å². The molecule has 5 rings (SSSR count). The Kier molecular flexibility index (Phi) is 9.18. The van der Waals surface area contributed by atoms with Crippen LogP contribution in [-0.4, -0.2) is 71.7 Å². The van der Waals surface area contributed by atoms with Crippen molar-refractivity contribution in [1.29, 1.82) is 0 Å². The normalized spacial score (nSPS) is 25.5. The molecular weight excluding hydrogens is 542 g/mol. The minimum atomic E-state index is -1.09. The first-order valence-corrected chi connectivity index (χ1v) is 15.4. The fourth-order valence-electron chi connectivity index (χ4n) is 7.56. The molecule has 0 aliphatic carbocycles. The van der Waals surface area contributed by atoms with Crippen LogP contribution < -0.4 is 9.80 Å². The Morgan fingerprint density at radius 2 is 1.65 bits per heavy atom. The van der Waals surface area contributed by atoms with Gasteiger partial charge in [0.05, 0.1) is 17.9 Å². The molecule has 228 valence electrons. The Bertz CT molecular complexity index is 1360. The Balaban J connectivity index is 1.56. The number of para-hydroxylation sites is 2. The molecule has 0 aromatic heterocycles. The molecule has 2 bridgehead atoms. The largest absolute Gasteiger partial charge is 0.396 e. The number of unbranched alkanes of at least 4 members (excludes halogenated alkanes) is 2. The van der Waals surface area contributed by atoms with Crippen LogP contribution in [0.2, 0.25) is 0 Å². The number of likely N-dealkylation sites (tertiary alicyclic amines) is 1. The zero-order valence-electron chi connectivity index (χ0n) is 25.3. The van der Waals surface area contributed by atoms with Gasteiger partial charge in [-0.3, -0.25) is 14.4 Å². The van der Waals surface area contributed by atoms with Gasteiger partial charge in [0.25, 0.3) is 5.91 Å². The lowest BCUT2D eigenvalue weighted by Gasteiger charge is -2.37. The summed E-state index contributed by atoms with van der Waals surface area (Å²) in [6, 6.07) is 14.4. The van der Waals surface area contributed by atoms with Gasteiger partial charge in [-0.15, -0.1) is 13.2 Å². The van der Waals surface area contributed by atoms with E-state index >= 15 is 0 Å². The molecule has 0 saturated carbocycles. The topological polar surface area (TPSA) is 90.4 Å². The highest BCUT2D eigenvalue weighted by Crippen LogP contribution is 2.59. The second kappa shape index (κ2) is 12.9. The number of carbonyl (C=O) groups excluding carboxylic acids is 3. The number of hydrogen-bond donors (Lipinski definition) is 1. The summed E-state index contributed by atoms with van der Waals surface area (Å²) in [5, 5.41) is 9.34. The van der Waals surface area contributed by atoms with Crippen LogP contribution >= 0.6 is 0 Å². The molecule has 2 unspecified atom stereocenters. The highest BCUT2D eigenvalue weighted by Gasteiger charge is 2.75. The van der Waals surface area contributed by atoms with Crippen molar-refractivity contribution >= 4 is 29.1 Å². The molecular formula is C35H43N3O5. The van der Waals surface area contributed by atoms with E-state index in [4.69, 9.17) is 4.74 Å². The summed E-state index contributed by atoms with van der Waals surface area (Å²) in [7, 11) is 0. The van der Waals surface area contributed by atoms with Crippen molar-refractivity contribution in [1.82, 2.24) is 4.90 Å². The van der Waals surface area contributed by atoms with Crippen LogP contribution in [0, 0.1) is 25.7 Å². The number of carbonyl (C=O) groups is 3. The monoisotopic (exact) mass is 585 g/mol. The Labute approximate surface area is 254 Å². The molecule has 2 aromatic carbocycles. The average molecular weight is 586 g/mol. The third-order valence-electron chi connectivity index (χ3n) is 9.31. The molecule has 3 amide bonds. The number of anilines is 2. The van der Waals surface area contributed by atoms with Crippen molar-refractivity contribution in [2.45, 2.75) is 63.7 Å². The van der Waals surface area contributed by atoms with E-state index in [1.165, 1.54) is 0 Å². The number of aliphatic hydroxyl groups is 1. The van der Waals surface area contributed by atoms with Crippen molar-refractivity contribution in [3.05, 3.63) is 85.0 Å². The first kappa shape index (κ1) is 30.7. The number of ether oxygens (including phenoxy) is 1. The summed E-state index contributed by atoms with van der Waals surface area (Å²) in [4.78, 5) is 48.7. The minimum absolute atomic E-state index is 0.0720. The third kappa shape index (κ3) is 5.31. The maximum Gasteiger partial charge on any atom is 0.253 e. The van der Waals surface area contributed by atoms with Crippen molar-refractivity contribution in [2.75, 3.05) is 36.0 Å². The van der Waals surface area contributed by atoms with Gasteiger partial charge < -0.3 is 24.5 Å². The summed E-state index contributed by atoms with van der Waals surface area (Å²) >= 11 is 0. The number of rotatable bonds is 13. The maximum atomic E-state index is 14.8.